The zero-order chi connectivity index (χ0) is 16.8. The smallest absolute Gasteiger partial charge is 0.253 e. The van der Waals surface area contributed by atoms with Crippen molar-refractivity contribution in [1.29, 1.82) is 0 Å². The summed E-state index contributed by atoms with van der Waals surface area (Å²) in [6.07, 6.45) is 3.84. The molecule has 1 aliphatic heterocycles. The summed E-state index contributed by atoms with van der Waals surface area (Å²) in [6.45, 7) is 7.96. The molecule has 4 nitrogen and oxygen atoms in total. The highest BCUT2D eigenvalue weighted by Crippen LogP contribution is 2.19. The van der Waals surface area contributed by atoms with Crippen molar-refractivity contribution in [2.24, 2.45) is 11.8 Å². The van der Waals surface area contributed by atoms with Gasteiger partial charge < -0.3 is 10.2 Å². The molecule has 0 spiro atoms. The molecular formula is C19H28N2O2. The number of carbonyl (C=O) groups excluding carboxylic acids is 2. The highest BCUT2D eigenvalue weighted by atomic mass is 16.2. The molecule has 0 aliphatic carbocycles. The molecule has 1 aromatic carbocycles. The summed E-state index contributed by atoms with van der Waals surface area (Å²) in [5.74, 6) is 0.905. The van der Waals surface area contributed by atoms with E-state index in [0.717, 1.165) is 44.5 Å². The molecule has 1 fully saturated rings. The Hall–Kier alpha value is -1.84. The van der Waals surface area contributed by atoms with Crippen LogP contribution in [0.15, 0.2) is 24.3 Å². The van der Waals surface area contributed by atoms with Gasteiger partial charge in [0, 0.05) is 30.3 Å². The first kappa shape index (κ1) is 17.5. The van der Waals surface area contributed by atoms with E-state index < -0.39 is 0 Å². The molecule has 0 aromatic heterocycles. The SMILES string of the molecule is CCC(CC)C(=O)Nc1ccc(C(=O)N2CCC(C)CC2)cc1. The maximum atomic E-state index is 12.5. The number of benzene rings is 1. The molecule has 1 heterocycles. The highest BCUT2D eigenvalue weighted by molar-refractivity contribution is 5.96. The average Bonchev–Trinajstić information content (AvgIpc) is 2.57. The summed E-state index contributed by atoms with van der Waals surface area (Å²) in [7, 11) is 0. The second-order valence-electron chi connectivity index (χ2n) is 6.55. The zero-order valence-electron chi connectivity index (χ0n) is 14.5. The van der Waals surface area contributed by atoms with Crippen LogP contribution in [-0.2, 0) is 4.79 Å². The van der Waals surface area contributed by atoms with Crippen molar-refractivity contribution in [3.8, 4) is 0 Å². The van der Waals surface area contributed by atoms with E-state index in [1.54, 1.807) is 0 Å². The van der Waals surface area contributed by atoms with Gasteiger partial charge in [0.25, 0.3) is 5.91 Å². The third-order valence-electron chi connectivity index (χ3n) is 4.83. The molecule has 126 valence electrons. The molecule has 0 bridgehead atoms. The van der Waals surface area contributed by atoms with Crippen molar-refractivity contribution in [1.82, 2.24) is 4.90 Å². The van der Waals surface area contributed by atoms with E-state index in [2.05, 4.69) is 12.2 Å². The van der Waals surface area contributed by atoms with E-state index in [9.17, 15) is 9.59 Å². The summed E-state index contributed by atoms with van der Waals surface area (Å²) in [4.78, 5) is 26.5. The lowest BCUT2D eigenvalue weighted by molar-refractivity contribution is -0.120. The standard InChI is InChI=1S/C19H28N2O2/c1-4-15(5-2)18(22)20-17-8-6-16(7-9-17)19(23)21-12-10-14(3)11-13-21/h6-9,14-15H,4-5,10-13H2,1-3H3,(H,20,22). The van der Waals surface area contributed by atoms with E-state index in [1.807, 2.05) is 43.0 Å². The van der Waals surface area contributed by atoms with Crippen LogP contribution in [0.2, 0.25) is 0 Å². The number of nitrogens with one attached hydrogen (secondary N) is 1. The van der Waals surface area contributed by atoms with E-state index in [1.165, 1.54) is 0 Å². The van der Waals surface area contributed by atoms with Gasteiger partial charge in [-0.2, -0.15) is 0 Å². The number of nitrogens with zero attached hydrogens (tertiary/aromatic N) is 1. The van der Waals surface area contributed by atoms with Gasteiger partial charge in [0.1, 0.15) is 0 Å². The molecule has 0 unspecified atom stereocenters. The van der Waals surface area contributed by atoms with Gasteiger partial charge >= 0.3 is 0 Å². The number of carbonyl (C=O) groups is 2. The Morgan fingerprint density at radius 2 is 1.70 bits per heavy atom. The van der Waals surface area contributed by atoms with E-state index in [0.29, 0.717) is 11.5 Å². The molecular weight excluding hydrogens is 288 g/mol. The van der Waals surface area contributed by atoms with Crippen LogP contribution in [0.5, 0.6) is 0 Å². The molecule has 23 heavy (non-hydrogen) atoms. The van der Waals surface area contributed by atoms with Gasteiger partial charge in [0.15, 0.2) is 0 Å². The summed E-state index contributed by atoms with van der Waals surface area (Å²) in [5.41, 5.74) is 1.45. The van der Waals surface area contributed by atoms with Crippen LogP contribution in [0.25, 0.3) is 0 Å². The van der Waals surface area contributed by atoms with Crippen molar-refractivity contribution in [2.75, 3.05) is 18.4 Å². The lowest BCUT2D eigenvalue weighted by Crippen LogP contribution is -2.37. The van der Waals surface area contributed by atoms with Crippen LogP contribution in [-0.4, -0.2) is 29.8 Å². The Kier molecular flexibility index (Phi) is 6.20. The van der Waals surface area contributed by atoms with Crippen molar-refractivity contribution in [3.63, 3.8) is 0 Å². The largest absolute Gasteiger partial charge is 0.339 e. The molecule has 0 atom stereocenters. The molecule has 2 amide bonds. The van der Waals surface area contributed by atoms with E-state index in [-0.39, 0.29) is 17.7 Å². The normalized spacial score (nSPS) is 15.7. The molecule has 1 aromatic rings. The van der Waals surface area contributed by atoms with E-state index >= 15 is 0 Å². The summed E-state index contributed by atoms with van der Waals surface area (Å²) in [6, 6.07) is 7.26. The second kappa shape index (κ2) is 8.14. The Morgan fingerprint density at radius 1 is 1.13 bits per heavy atom. The fourth-order valence-electron chi connectivity index (χ4n) is 2.99. The number of hydrogen-bond donors (Lipinski definition) is 1. The number of rotatable bonds is 5. The van der Waals surface area contributed by atoms with Crippen LogP contribution < -0.4 is 5.32 Å². The maximum Gasteiger partial charge on any atom is 0.253 e. The minimum atomic E-state index is 0.0478. The second-order valence-corrected chi connectivity index (χ2v) is 6.55. The molecule has 1 saturated heterocycles. The number of likely N-dealkylation sites (tertiary alicyclic amines) is 1. The summed E-state index contributed by atoms with van der Waals surface area (Å²) in [5, 5.41) is 2.93. The van der Waals surface area contributed by atoms with E-state index in [4.69, 9.17) is 0 Å². The first-order valence-corrected chi connectivity index (χ1v) is 8.75. The van der Waals surface area contributed by atoms with Gasteiger partial charge in [0.2, 0.25) is 5.91 Å². The average molecular weight is 316 g/mol. The minimum absolute atomic E-state index is 0.0478. The van der Waals surface area contributed by atoms with Crippen LogP contribution in [0.1, 0.15) is 56.8 Å². The number of anilines is 1. The molecule has 4 heteroatoms. The number of piperidine rings is 1. The van der Waals surface area contributed by atoms with Gasteiger partial charge in [-0.05, 0) is 55.9 Å². The first-order chi connectivity index (χ1) is 11.0. The molecule has 0 radical (unpaired) electrons. The molecule has 0 saturated carbocycles. The Balaban J connectivity index is 1.96. The molecule has 1 N–H and O–H groups in total. The molecule has 1 aliphatic rings. The van der Waals surface area contributed by atoms with Crippen LogP contribution in [0, 0.1) is 11.8 Å². The Morgan fingerprint density at radius 3 is 2.22 bits per heavy atom. The summed E-state index contributed by atoms with van der Waals surface area (Å²) < 4.78 is 0. The van der Waals surface area contributed by atoms with Gasteiger partial charge in [-0.3, -0.25) is 9.59 Å². The summed E-state index contributed by atoms with van der Waals surface area (Å²) >= 11 is 0. The topological polar surface area (TPSA) is 49.4 Å². The first-order valence-electron chi connectivity index (χ1n) is 8.75. The highest BCUT2D eigenvalue weighted by Gasteiger charge is 2.21. The van der Waals surface area contributed by atoms with Crippen molar-refractivity contribution < 1.29 is 9.59 Å². The van der Waals surface area contributed by atoms with Crippen molar-refractivity contribution >= 4 is 17.5 Å². The van der Waals surface area contributed by atoms with Crippen LogP contribution in [0.4, 0.5) is 5.69 Å². The predicted octanol–water partition coefficient (Wildman–Crippen LogP) is 3.93. The fourth-order valence-corrected chi connectivity index (χ4v) is 2.99. The lowest BCUT2D eigenvalue weighted by atomic mass is 9.98. The van der Waals surface area contributed by atoms with Crippen LogP contribution >= 0.6 is 0 Å². The monoisotopic (exact) mass is 316 g/mol. The Bertz CT molecular complexity index is 527. The Labute approximate surface area is 139 Å². The van der Waals surface area contributed by atoms with Gasteiger partial charge in [-0.25, -0.2) is 0 Å². The van der Waals surface area contributed by atoms with Crippen molar-refractivity contribution in [3.05, 3.63) is 29.8 Å². The number of hydrogen-bond acceptors (Lipinski definition) is 2. The van der Waals surface area contributed by atoms with Gasteiger partial charge in [-0.1, -0.05) is 20.8 Å². The zero-order valence-corrected chi connectivity index (χ0v) is 14.5. The van der Waals surface area contributed by atoms with Crippen molar-refractivity contribution in [2.45, 2.75) is 46.5 Å². The minimum Gasteiger partial charge on any atom is -0.339 e. The number of amides is 2. The lowest BCUT2D eigenvalue weighted by Gasteiger charge is -2.30. The third-order valence-corrected chi connectivity index (χ3v) is 4.83. The van der Waals surface area contributed by atoms with Crippen LogP contribution in [0.3, 0.4) is 0 Å². The predicted molar refractivity (Wildman–Crippen MR) is 93.4 cm³/mol. The quantitative estimate of drug-likeness (QED) is 0.894. The van der Waals surface area contributed by atoms with Gasteiger partial charge in [-0.15, -0.1) is 0 Å². The fraction of sp³-hybridized carbons (Fsp3) is 0.579. The molecule has 2 rings (SSSR count). The third kappa shape index (κ3) is 4.57. The van der Waals surface area contributed by atoms with Gasteiger partial charge in [0.05, 0.1) is 0 Å². The maximum absolute atomic E-state index is 12.5.